The number of nitrogens with zero attached hydrogens (tertiary/aromatic N) is 1. The molecule has 0 aliphatic carbocycles. The second-order valence-corrected chi connectivity index (χ2v) is 6.46. The molecule has 0 aliphatic heterocycles. The number of pyridine rings is 1. The van der Waals surface area contributed by atoms with Crippen LogP contribution in [0, 0.1) is 25.2 Å². The summed E-state index contributed by atoms with van der Waals surface area (Å²) in [7, 11) is 0. The molecule has 130 valence electrons. The first-order valence-electron chi connectivity index (χ1n) is 8.36. The van der Waals surface area contributed by atoms with Gasteiger partial charge >= 0.3 is 0 Å². The monoisotopic (exact) mass is 337 g/mol. The average molecular weight is 337 g/mol. The molecule has 2 N–H and O–H groups in total. The quantitative estimate of drug-likeness (QED) is 0.874. The maximum Gasteiger partial charge on any atom is 0.266 e. The summed E-state index contributed by atoms with van der Waals surface area (Å²) in [6.45, 7) is 7.71. The number of aromatic nitrogens is 1. The summed E-state index contributed by atoms with van der Waals surface area (Å²) >= 11 is 0. The van der Waals surface area contributed by atoms with E-state index < -0.39 is 0 Å². The standard InChI is InChI=1S/C20H23N3O2/c1-12(2)15-7-5-6-8-18(15)23-19(24)10-9-16-13(3)17(11-21)20(25)22-14(16)4/h5-8,12H,9-10H2,1-4H3,(H,22,25)(H,23,24). The van der Waals surface area contributed by atoms with Crippen LogP contribution in [0.1, 0.15) is 54.1 Å². The number of rotatable bonds is 5. The Labute approximate surface area is 147 Å². The van der Waals surface area contributed by atoms with Crippen LogP contribution in [-0.2, 0) is 11.2 Å². The zero-order valence-corrected chi connectivity index (χ0v) is 15.1. The van der Waals surface area contributed by atoms with Gasteiger partial charge in [-0.2, -0.15) is 5.26 Å². The van der Waals surface area contributed by atoms with Gasteiger partial charge in [-0.1, -0.05) is 32.0 Å². The number of carbonyl (C=O) groups is 1. The van der Waals surface area contributed by atoms with E-state index in [1.807, 2.05) is 30.3 Å². The lowest BCUT2D eigenvalue weighted by atomic mass is 9.98. The summed E-state index contributed by atoms with van der Waals surface area (Å²) in [5.74, 6) is 0.231. The Morgan fingerprint density at radius 2 is 1.96 bits per heavy atom. The van der Waals surface area contributed by atoms with Gasteiger partial charge in [0, 0.05) is 17.8 Å². The number of carbonyl (C=O) groups excluding carboxylic acids is 1. The van der Waals surface area contributed by atoms with Crippen LogP contribution in [0.15, 0.2) is 29.1 Å². The van der Waals surface area contributed by atoms with Gasteiger partial charge < -0.3 is 10.3 Å². The molecule has 1 aromatic carbocycles. The van der Waals surface area contributed by atoms with Crippen molar-refractivity contribution in [1.29, 1.82) is 5.26 Å². The molecule has 5 heteroatoms. The van der Waals surface area contributed by atoms with Gasteiger partial charge in [0.1, 0.15) is 11.6 Å². The second kappa shape index (κ2) is 7.80. The van der Waals surface area contributed by atoms with Crippen LogP contribution in [0.25, 0.3) is 0 Å². The van der Waals surface area contributed by atoms with E-state index in [4.69, 9.17) is 5.26 Å². The maximum absolute atomic E-state index is 12.4. The van der Waals surface area contributed by atoms with E-state index in [1.165, 1.54) is 0 Å². The fourth-order valence-electron chi connectivity index (χ4n) is 2.99. The molecule has 0 saturated carbocycles. The highest BCUT2D eigenvalue weighted by Crippen LogP contribution is 2.24. The summed E-state index contributed by atoms with van der Waals surface area (Å²) in [4.78, 5) is 26.8. The third-order valence-corrected chi connectivity index (χ3v) is 4.38. The van der Waals surface area contributed by atoms with Crippen molar-refractivity contribution < 1.29 is 4.79 Å². The first-order chi connectivity index (χ1) is 11.8. The van der Waals surface area contributed by atoms with Crippen molar-refractivity contribution in [3.63, 3.8) is 0 Å². The van der Waals surface area contributed by atoms with Gasteiger partial charge in [-0.15, -0.1) is 0 Å². The van der Waals surface area contributed by atoms with Crippen LogP contribution in [0.5, 0.6) is 0 Å². The third kappa shape index (κ3) is 4.16. The summed E-state index contributed by atoms with van der Waals surface area (Å²) in [6.07, 6.45) is 0.754. The van der Waals surface area contributed by atoms with Gasteiger partial charge in [0.2, 0.25) is 5.91 Å². The number of anilines is 1. The van der Waals surface area contributed by atoms with Crippen molar-refractivity contribution in [1.82, 2.24) is 4.98 Å². The highest BCUT2D eigenvalue weighted by molar-refractivity contribution is 5.91. The van der Waals surface area contributed by atoms with E-state index in [0.717, 1.165) is 16.8 Å². The number of hydrogen-bond acceptors (Lipinski definition) is 3. The van der Waals surface area contributed by atoms with Gasteiger partial charge in [0.05, 0.1) is 0 Å². The van der Waals surface area contributed by atoms with Crippen LogP contribution < -0.4 is 10.9 Å². The van der Waals surface area contributed by atoms with E-state index >= 15 is 0 Å². The molecule has 0 bridgehead atoms. The number of nitriles is 1. The zero-order chi connectivity index (χ0) is 18.6. The fourth-order valence-corrected chi connectivity index (χ4v) is 2.99. The Hall–Kier alpha value is -2.87. The topological polar surface area (TPSA) is 85.8 Å². The van der Waals surface area contributed by atoms with Gasteiger partial charge in [-0.3, -0.25) is 9.59 Å². The van der Waals surface area contributed by atoms with Crippen molar-refractivity contribution in [2.24, 2.45) is 0 Å². The Morgan fingerprint density at radius 3 is 2.60 bits per heavy atom. The minimum atomic E-state index is -0.378. The van der Waals surface area contributed by atoms with E-state index in [-0.39, 0.29) is 23.5 Å². The number of aromatic amines is 1. The van der Waals surface area contributed by atoms with Crippen molar-refractivity contribution in [2.45, 2.75) is 46.5 Å². The number of para-hydroxylation sites is 1. The Morgan fingerprint density at radius 1 is 1.28 bits per heavy atom. The lowest BCUT2D eigenvalue weighted by Gasteiger charge is -2.14. The van der Waals surface area contributed by atoms with E-state index in [2.05, 4.69) is 24.1 Å². The summed E-state index contributed by atoms with van der Waals surface area (Å²) in [6, 6.07) is 9.70. The molecule has 1 amide bonds. The van der Waals surface area contributed by atoms with Crippen LogP contribution >= 0.6 is 0 Å². The molecule has 0 saturated heterocycles. The van der Waals surface area contributed by atoms with E-state index in [1.54, 1.807) is 13.8 Å². The minimum Gasteiger partial charge on any atom is -0.326 e. The van der Waals surface area contributed by atoms with Gasteiger partial charge in [0.15, 0.2) is 0 Å². The molecule has 25 heavy (non-hydrogen) atoms. The van der Waals surface area contributed by atoms with Crippen LogP contribution in [0.3, 0.4) is 0 Å². The SMILES string of the molecule is Cc1[nH]c(=O)c(C#N)c(C)c1CCC(=O)Nc1ccccc1C(C)C. The molecule has 0 unspecified atom stereocenters. The maximum atomic E-state index is 12.4. The van der Waals surface area contributed by atoms with Gasteiger partial charge in [0.25, 0.3) is 5.56 Å². The molecule has 5 nitrogen and oxygen atoms in total. The van der Waals surface area contributed by atoms with Gasteiger partial charge in [-0.25, -0.2) is 0 Å². The number of H-pyrrole nitrogens is 1. The second-order valence-electron chi connectivity index (χ2n) is 6.46. The normalized spacial score (nSPS) is 10.6. The average Bonchev–Trinajstić information content (AvgIpc) is 2.55. The molecule has 0 aliphatic rings. The first-order valence-corrected chi connectivity index (χ1v) is 8.36. The molecule has 1 aromatic heterocycles. The van der Waals surface area contributed by atoms with Crippen LogP contribution in [-0.4, -0.2) is 10.9 Å². The molecule has 0 atom stereocenters. The molecular weight excluding hydrogens is 314 g/mol. The fraction of sp³-hybridized carbons (Fsp3) is 0.350. The predicted octanol–water partition coefficient (Wildman–Crippen LogP) is 3.56. The van der Waals surface area contributed by atoms with Crippen molar-refractivity contribution in [3.8, 4) is 6.07 Å². The number of benzene rings is 1. The molecule has 0 radical (unpaired) electrons. The number of hydrogen-bond donors (Lipinski definition) is 2. The Bertz CT molecular complexity index is 889. The third-order valence-electron chi connectivity index (χ3n) is 4.38. The molecule has 2 rings (SSSR count). The van der Waals surface area contributed by atoms with Gasteiger partial charge in [-0.05, 0) is 48.9 Å². The molecular formula is C20H23N3O2. The molecule has 2 aromatic rings. The van der Waals surface area contributed by atoms with E-state index in [9.17, 15) is 9.59 Å². The lowest BCUT2D eigenvalue weighted by molar-refractivity contribution is -0.116. The predicted molar refractivity (Wildman–Crippen MR) is 98.7 cm³/mol. The molecule has 0 spiro atoms. The summed E-state index contributed by atoms with van der Waals surface area (Å²) in [5, 5.41) is 12.1. The Kier molecular flexibility index (Phi) is 5.76. The summed E-state index contributed by atoms with van der Waals surface area (Å²) in [5.41, 5.74) is 3.87. The highest BCUT2D eigenvalue weighted by atomic mass is 16.1. The summed E-state index contributed by atoms with van der Waals surface area (Å²) < 4.78 is 0. The largest absolute Gasteiger partial charge is 0.326 e. The van der Waals surface area contributed by atoms with Crippen molar-refractivity contribution in [2.75, 3.05) is 5.32 Å². The molecule has 1 heterocycles. The first kappa shape index (κ1) is 18.5. The lowest BCUT2D eigenvalue weighted by Crippen LogP contribution is -2.18. The van der Waals surface area contributed by atoms with Crippen LogP contribution in [0.2, 0.25) is 0 Å². The minimum absolute atomic E-state index is 0.0865. The van der Waals surface area contributed by atoms with E-state index in [0.29, 0.717) is 23.6 Å². The van der Waals surface area contributed by atoms with Crippen LogP contribution in [0.4, 0.5) is 5.69 Å². The highest BCUT2D eigenvalue weighted by Gasteiger charge is 2.14. The number of amides is 1. The van der Waals surface area contributed by atoms with Crippen molar-refractivity contribution in [3.05, 3.63) is 62.6 Å². The zero-order valence-electron chi connectivity index (χ0n) is 15.1. The smallest absolute Gasteiger partial charge is 0.266 e. The molecule has 0 fully saturated rings. The van der Waals surface area contributed by atoms with Crippen molar-refractivity contribution >= 4 is 11.6 Å². The number of nitrogens with one attached hydrogen (secondary N) is 2. The number of aryl methyl sites for hydroxylation is 1. The Balaban J connectivity index is 2.14.